The number of nitrogens with one attached hydrogen (secondary N) is 1. The molecule has 8 nitrogen and oxygen atoms in total. The van der Waals surface area contributed by atoms with Crippen molar-refractivity contribution < 1.29 is 9.72 Å². The fourth-order valence-corrected chi connectivity index (χ4v) is 3.81. The summed E-state index contributed by atoms with van der Waals surface area (Å²) < 4.78 is 1.18. The second-order valence-corrected chi connectivity index (χ2v) is 7.41. The minimum absolute atomic E-state index is 0.0515. The van der Waals surface area contributed by atoms with Crippen LogP contribution in [0.25, 0.3) is 10.9 Å². The molecule has 0 spiro atoms. The maximum absolute atomic E-state index is 12.6. The molecule has 2 aromatic carbocycles. The number of hydrogen-bond donors (Lipinski definition) is 1. The van der Waals surface area contributed by atoms with Gasteiger partial charge in [0.05, 0.1) is 22.2 Å². The third-order valence-electron chi connectivity index (χ3n) is 5.65. The zero-order valence-corrected chi connectivity index (χ0v) is 15.7. The molecule has 1 N–H and O–H groups in total. The minimum atomic E-state index is -0.565. The van der Waals surface area contributed by atoms with Crippen LogP contribution in [0.4, 0.5) is 5.69 Å². The molecule has 3 aromatic rings. The van der Waals surface area contributed by atoms with Crippen molar-refractivity contribution in [3.63, 3.8) is 0 Å². The number of fused-ring (bicyclic) bond motifs is 1. The summed E-state index contributed by atoms with van der Waals surface area (Å²) in [7, 11) is 0. The quantitative estimate of drug-likeness (QED) is 0.512. The van der Waals surface area contributed by atoms with Crippen molar-refractivity contribution in [2.45, 2.75) is 31.2 Å². The zero-order chi connectivity index (χ0) is 20.4. The summed E-state index contributed by atoms with van der Waals surface area (Å²) >= 11 is 0. The molecule has 1 aliphatic rings. The van der Waals surface area contributed by atoms with Gasteiger partial charge in [0.15, 0.2) is 0 Å². The van der Waals surface area contributed by atoms with Gasteiger partial charge < -0.3 is 5.32 Å². The first kappa shape index (κ1) is 18.8. The molecule has 0 radical (unpaired) electrons. The smallest absolute Gasteiger partial charge is 0.270 e. The number of rotatable bonds is 6. The van der Waals surface area contributed by atoms with Gasteiger partial charge in [0.2, 0.25) is 5.91 Å². The van der Waals surface area contributed by atoms with Crippen molar-refractivity contribution in [2.75, 3.05) is 6.54 Å². The van der Waals surface area contributed by atoms with Gasteiger partial charge >= 0.3 is 0 Å². The van der Waals surface area contributed by atoms with Crippen LogP contribution in [0.3, 0.4) is 0 Å². The molecule has 0 saturated heterocycles. The highest BCUT2D eigenvalue weighted by molar-refractivity contribution is 5.81. The van der Waals surface area contributed by atoms with Crippen LogP contribution < -0.4 is 10.9 Å². The molecular weight excluding hydrogens is 372 g/mol. The molecule has 1 fully saturated rings. The number of amides is 1. The van der Waals surface area contributed by atoms with Crippen LogP contribution in [0.1, 0.15) is 24.8 Å². The number of carbonyl (C=O) groups excluding carboxylic acids is 1. The van der Waals surface area contributed by atoms with Crippen LogP contribution in [0.15, 0.2) is 59.7 Å². The van der Waals surface area contributed by atoms with Crippen LogP contribution in [0.2, 0.25) is 0 Å². The second-order valence-electron chi connectivity index (χ2n) is 7.41. The molecule has 0 bridgehead atoms. The summed E-state index contributed by atoms with van der Waals surface area (Å²) in [5, 5.41) is 14.0. The molecule has 0 unspecified atom stereocenters. The third kappa shape index (κ3) is 3.61. The van der Waals surface area contributed by atoms with Crippen molar-refractivity contribution in [3.8, 4) is 0 Å². The van der Waals surface area contributed by atoms with E-state index >= 15 is 0 Å². The lowest BCUT2D eigenvalue weighted by Gasteiger charge is -2.42. The average molecular weight is 392 g/mol. The molecule has 1 aromatic heterocycles. The molecule has 1 heterocycles. The van der Waals surface area contributed by atoms with E-state index in [1.807, 2.05) is 18.2 Å². The first-order valence-corrected chi connectivity index (χ1v) is 9.44. The van der Waals surface area contributed by atoms with E-state index < -0.39 is 10.5 Å². The predicted octanol–water partition coefficient (Wildman–Crippen LogP) is 2.54. The van der Waals surface area contributed by atoms with E-state index in [4.69, 9.17) is 0 Å². The molecule has 1 aliphatic carbocycles. The van der Waals surface area contributed by atoms with Crippen LogP contribution in [0, 0.1) is 10.1 Å². The standard InChI is InChI=1S/C21H20N4O4/c26-19(22-13-21(9-4-10-21)15-5-2-1-3-6-15)12-24-14-23-18-8-7-16(25(28)29)11-17(18)20(24)27/h1-3,5-8,11,14H,4,9-10,12-13H2,(H,22,26). The molecule has 1 amide bonds. The maximum atomic E-state index is 12.6. The monoisotopic (exact) mass is 392 g/mol. The molecule has 0 atom stereocenters. The SMILES string of the molecule is O=C(Cn1cnc2ccc([N+](=O)[O-])cc2c1=O)NCC1(c2ccccc2)CCC1. The van der Waals surface area contributed by atoms with Crippen molar-refractivity contribution in [1.29, 1.82) is 0 Å². The van der Waals surface area contributed by atoms with Gasteiger partial charge in [-0.2, -0.15) is 0 Å². The topological polar surface area (TPSA) is 107 Å². The number of aromatic nitrogens is 2. The Bertz CT molecular complexity index is 1140. The summed E-state index contributed by atoms with van der Waals surface area (Å²) in [5.41, 5.74) is 0.853. The Labute approximate surface area is 166 Å². The van der Waals surface area contributed by atoms with Crippen molar-refractivity contribution in [3.05, 3.63) is 80.9 Å². The van der Waals surface area contributed by atoms with Gasteiger partial charge in [-0.15, -0.1) is 0 Å². The highest BCUT2D eigenvalue weighted by Crippen LogP contribution is 2.43. The largest absolute Gasteiger partial charge is 0.354 e. The summed E-state index contributed by atoms with van der Waals surface area (Å²) in [6, 6.07) is 14.0. The number of nitrogens with zero attached hydrogens (tertiary/aromatic N) is 3. The first-order chi connectivity index (χ1) is 14.0. The number of non-ortho nitro benzene ring substituents is 1. The molecular formula is C21H20N4O4. The minimum Gasteiger partial charge on any atom is -0.354 e. The highest BCUT2D eigenvalue weighted by atomic mass is 16.6. The van der Waals surface area contributed by atoms with E-state index in [2.05, 4.69) is 22.4 Å². The maximum Gasteiger partial charge on any atom is 0.270 e. The molecule has 29 heavy (non-hydrogen) atoms. The summed E-state index contributed by atoms with van der Waals surface area (Å²) in [5.74, 6) is -0.291. The Morgan fingerprint density at radius 3 is 2.62 bits per heavy atom. The third-order valence-corrected chi connectivity index (χ3v) is 5.65. The fraction of sp³-hybridized carbons (Fsp3) is 0.286. The number of hydrogen-bond acceptors (Lipinski definition) is 5. The van der Waals surface area contributed by atoms with Crippen LogP contribution in [0.5, 0.6) is 0 Å². The Morgan fingerprint density at radius 1 is 1.21 bits per heavy atom. The van der Waals surface area contributed by atoms with Crippen LogP contribution in [-0.2, 0) is 16.8 Å². The highest BCUT2D eigenvalue weighted by Gasteiger charge is 2.38. The van der Waals surface area contributed by atoms with E-state index in [0.29, 0.717) is 12.1 Å². The average Bonchev–Trinajstić information content (AvgIpc) is 2.70. The lowest BCUT2D eigenvalue weighted by molar-refractivity contribution is -0.384. The Kier molecular flexibility index (Phi) is 4.84. The predicted molar refractivity (Wildman–Crippen MR) is 108 cm³/mol. The second kappa shape index (κ2) is 7.46. The van der Waals surface area contributed by atoms with Gasteiger partial charge in [-0.1, -0.05) is 36.8 Å². The van der Waals surface area contributed by atoms with E-state index in [1.54, 1.807) is 0 Å². The number of benzene rings is 2. The summed E-state index contributed by atoms with van der Waals surface area (Å²) in [4.78, 5) is 39.7. The summed E-state index contributed by atoms with van der Waals surface area (Å²) in [6.45, 7) is 0.326. The number of carbonyl (C=O) groups is 1. The molecule has 1 saturated carbocycles. The van der Waals surface area contributed by atoms with Crippen LogP contribution in [-0.4, -0.2) is 26.9 Å². The summed E-state index contributed by atoms with van der Waals surface area (Å²) in [6.07, 6.45) is 4.45. The van der Waals surface area contributed by atoms with Gasteiger partial charge in [-0.05, 0) is 24.5 Å². The van der Waals surface area contributed by atoms with Gasteiger partial charge in [0.1, 0.15) is 6.54 Å². The number of nitro groups is 1. The zero-order valence-electron chi connectivity index (χ0n) is 15.7. The molecule has 0 aliphatic heterocycles. The van der Waals surface area contributed by atoms with Crippen LogP contribution >= 0.6 is 0 Å². The lowest BCUT2D eigenvalue weighted by Crippen LogP contribution is -2.46. The van der Waals surface area contributed by atoms with E-state index in [9.17, 15) is 19.7 Å². The first-order valence-electron chi connectivity index (χ1n) is 9.44. The Hall–Kier alpha value is -3.55. The Morgan fingerprint density at radius 2 is 1.97 bits per heavy atom. The molecule has 148 valence electrons. The van der Waals surface area contributed by atoms with Crippen molar-refractivity contribution in [1.82, 2.24) is 14.9 Å². The fourth-order valence-electron chi connectivity index (χ4n) is 3.81. The van der Waals surface area contributed by atoms with E-state index in [-0.39, 0.29) is 28.9 Å². The van der Waals surface area contributed by atoms with E-state index in [1.165, 1.54) is 34.7 Å². The van der Waals surface area contributed by atoms with E-state index in [0.717, 1.165) is 19.3 Å². The number of nitro benzene ring substituents is 1. The van der Waals surface area contributed by atoms with Gasteiger partial charge in [0, 0.05) is 24.1 Å². The van der Waals surface area contributed by atoms with Gasteiger partial charge in [-0.3, -0.25) is 24.3 Å². The lowest BCUT2D eigenvalue weighted by atomic mass is 9.64. The molecule has 4 rings (SSSR count). The molecule has 8 heteroatoms. The van der Waals surface area contributed by atoms with Crippen molar-refractivity contribution in [2.24, 2.45) is 0 Å². The van der Waals surface area contributed by atoms with Crippen molar-refractivity contribution >= 4 is 22.5 Å². The van der Waals surface area contributed by atoms with Gasteiger partial charge in [-0.25, -0.2) is 4.98 Å². The van der Waals surface area contributed by atoms with Gasteiger partial charge in [0.25, 0.3) is 11.2 Å². The Balaban J connectivity index is 1.50. The normalized spacial score (nSPS) is 14.9.